The molecule has 1 unspecified atom stereocenters. The Morgan fingerprint density at radius 3 is 2.77 bits per heavy atom. The maximum atomic E-state index is 13.0. The number of rotatable bonds is 3. The highest BCUT2D eigenvalue weighted by molar-refractivity contribution is 7.16. The Morgan fingerprint density at radius 2 is 2.14 bits per heavy atom. The van der Waals surface area contributed by atoms with E-state index in [4.69, 9.17) is 0 Å². The first-order valence-electron chi connectivity index (χ1n) is 6.91. The van der Waals surface area contributed by atoms with Crippen LogP contribution in [0.25, 0.3) is 11.3 Å². The van der Waals surface area contributed by atoms with E-state index >= 15 is 0 Å². The number of aromatic nitrogens is 1. The average Bonchev–Trinajstić information content (AvgIpc) is 3.10. The van der Waals surface area contributed by atoms with Gasteiger partial charge in [0.15, 0.2) is 5.13 Å². The Labute approximate surface area is 138 Å². The van der Waals surface area contributed by atoms with Gasteiger partial charge < -0.3 is 10.6 Å². The predicted molar refractivity (Wildman–Crippen MR) is 89.1 cm³/mol. The molecule has 0 radical (unpaired) electrons. The van der Waals surface area contributed by atoms with E-state index in [-0.39, 0.29) is 30.2 Å². The lowest BCUT2D eigenvalue weighted by Gasteiger charge is -2.08. The minimum Gasteiger partial charge on any atom is -0.306 e. The monoisotopic (exact) mass is 341 g/mol. The van der Waals surface area contributed by atoms with E-state index < -0.39 is 0 Å². The number of thiazole rings is 1. The molecular formula is C15H17ClFN3OS. The molecular weight excluding hydrogens is 325 g/mol. The second-order valence-electron chi connectivity index (χ2n) is 5.07. The van der Waals surface area contributed by atoms with Crippen LogP contribution in [0.1, 0.15) is 17.7 Å². The van der Waals surface area contributed by atoms with Crippen LogP contribution in [-0.2, 0) is 4.79 Å². The lowest BCUT2D eigenvalue weighted by molar-refractivity contribution is -0.117. The molecule has 118 valence electrons. The van der Waals surface area contributed by atoms with Gasteiger partial charge in [-0.3, -0.25) is 4.79 Å². The van der Waals surface area contributed by atoms with Crippen molar-refractivity contribution >= 4 is 34.8 Å². The van der Waals surface area contributed by atoms with Gasteiger partial charge in [-0.15, -0.1) is 23.7 Å². The summed E-state index contributed by atoms with van der Waals surface area (Å²) < 4.78 is 13.0. The molecule has 1 aliphatic rings. The number of halogens is 2. The maximum absolute atomic E-state index is 13.0. The fourth-order valence-electron chi connectivity index (χ4n) is 2.43. The van der Waals surface area contributed by atoms with Crippen molar-refractivity contribution in [1.82, 2.24) is 10.3 Å². The number of anilines is 1. The Kier molecular flexibility index (Phi) is 5.50. The summed E-state index contributed by atoms with van der Waals surface area (Å²) in [7, 11) is 0. The zero-order valence-corrected chi connectivity index (χ0v) is 13.7. The van der Waals surface area contributed by atoms with Gasteiger partial charge in [0, 0.05) is 10.4 Å². The fraction of sp³-hybridized carbons (Fsp3) is 0.333. The molecule has 1 saturated heterocycles. The maximum Gasteiger partial charge on any atom is 0.243 e. The topological polar surface area (TPSA) is 54.0 Å². The molecule has 2 N–H and O–H groups in total. The summed E-state index contributed by atoms with van der Waals surface area (Å²) in [5, 5.41) is 6.61. The zero-order chi connectivity index (χ0) is 14.8. The van der Waals surface area contributed by atoms with Gasteiger partial charge >= 0.3 is 0 Å². The number of nitrogens with zero attached hydrogens (tertiary/aromatic N) is 1. The van der Waals surface area contributed by atoms with Crippen LogP contribution < -0.4 is 10.6 Å². The normalized spacial score (nSPS) is 17.1. The number of carbonyl (C=O) groups excluding carboxylic acids is 1. The Morgan fingerprint density at radius 1 is 1.41 bits per heavy atom. The molecule has 1 aromatic heterocycles. The number of amides is 1. The summed E-state index contributed by atoms with van der Waals surface area (Å²) in [6, 6.07) is 6.09. The SMILES string of the molecule is Cc1sc(NC(=O)C2CCCN2)nc1-c1ccc(F)cc1.Cl. The first-order chi connectivity index (χ1) is 10.1. The average molecular weight is 342 g/mol. The number of aryl methyl sites for hydroxylation is 1. The molecule has 4 nitrogen and oxygen atoms in total. The first kappa shape index (κ1) is 16.9. The van der Waals surface area contributed by atoms with Crippen LogP contribution in [0.15, 0.2) is 24.3 Å². The van der Waals surface area contributed by atoms with Gasteiger partial charge in [-0.2, -0.15) is 0 Å². The van der Waals surface area contributed by atoms with Crippen molar-refractivity contribution < 1.29 is 9.18 Å². The smallest absolute Gasteiger partial charge is 0.243 e. The van der Waals surface area contributed by atoms with Crippen molar-refractivity contribution in [3.8, 4) is 11.3 Å². The molecule has 0 aliphatic carbocycles. The number of nitrogens with one attached hydrogen (secondary N) is 2. The van der Waals surface area contributed by atoms with Crippen molar-refractivity contribution in [3.05, 3.63) is 35.0 Å². The second kappa shape index (κ2) is 7.17. The molecule has 1 aliphatic heterocycles. The molecule has 1 fully saturated rings. The second-order valence-corrected chi connectivity index (χ2v) is 6.27. The molecule has 1 atom stereocenters. The standard InChI is InChI=1S/C15H16FN3OS.ClH/c1-9-13(10-4-6-11(16)7-5-10)18-15(21-9)19-14(20)12-3-2-8-17-12;/h4-7,12,17H,2-3,8H2,1H3,(H,18,19,20);1H. The van der Waals surface area contributed by atoms with Crippen LogP contribution in [0, 0.1) is 12.7 Å². The molecule has 1 aromatic carbocycles. The summed E-state index contributed by atoms with van der Waals surface area (Å²) in [6.45, 7) is 2.83. The van der Waals surface area contributed by atoms with E-state index in [1.54, 1.807) is 12.1 Å². The van der Waals surface area contributed by atoms with Crippen LogP contribution in [-0.4, -0.2) is 23.5 Å². The third-order valence-corrected chi connectivity index (χ3v) is 4.41. The van der Waals surface area contributed by atoms with Crippen LogP contribution in [0.5, 0.6) is 0 Å². The van der Waals surface area contributed by atoms with Crippen molar-refractivity contribution in [1.29, 1.82) is 0 Å². The molecule has 0 saturated carbocycles. The minimum absolute atomic E-state index is 0. The Bertz CT molecular complexity index is 653. The van der Waals surface area contributed by atoms with Crippen molar-refractivity contribution in [2.75, 3.05) is 11.9 Å². The quantitative estimate of drug-likeness (QED) is 0.900. The zero-order valence-electron chi connectivity index (χ0n) is 12.1. The van der Waals surface area contributed by atoms with Gasteiger partial charge in [0.1, 0.15) is 5.82 Å². The van der Waals surface area contributed by atoms with Crippen molar-refractivity contribution in [2.45, 2.75) is 25.8 Å². The number of benzene rings is 1. The Hall–Kier alpha value is -1.50. The van der Waals surface area contributed by atoms with Crippen LogP contribution in [0.4, 0.5) is 9.52 Å². The van der Waals surface area contributed by atoms with E-state index in [1.165, 1.54) is 23.5 Å². The van der Waals surface area contributed by atoms with Gasteiger partial charge in [-0.05, 0) is 50.6 Å². The highest BCUT2D eigenvalue weighted by Crippen LogP contribution is 2.30. The molecule has 2 heterocycles. The van der Waals surface area contributed by atoms with Gasteiger partial charge in [0.2, 0.25) is 5.91 Å². The van der Waals surface area contributed by atoms with Crippen molar-refractivity contribution in [2.24, 2.45) is 0 Å². The molecule has 7 heteroatoms. The molecule has 0 spiro atoms. The van der Waals surface area contributed by atoms with Gasteiger partial charge in [-0.1, -0.05) is 0 Å². The van der Waals surface area contributed by atoms with Crippen LogP contribution >= 0.6 is 23.7 Å². The largest absolute Gasteiger partial charge is 0.306 e. The molecule has 0 bridgehead atoms. The van der Waals surface area contributed by atoms with Crippen LogP contribution in [0.2, 0.25) is 0 Å². The number of hydrogen-bond acceptors (Lipinski definition) is 4. The van der Waals surface area contributed by atoms with Gasteiger partial charge in [-0.25, -0.2) is 9.37 Å². The van der Waals surface area contributed by atoms with Gasteiger partial charge in [0.25, 0.3) is 0 Å². The Balaban J connectivity index is 0.00000176. The molecule has 3 rings (SSSR count). The summed E-state index contributed by atoms with van der Waals surface area (Å²) in [5.74, 6) is -0.306. The minimum atomic E-state index is -0.271. The third-order valence-electron chi connectivity index (χ3n) is 3.52. The van der Waals surface area contributed by atoms with E-state index in [0.717, 1.165) is 35.5 Å². The summed E-state index contributed by atoms with van der Waals surface area (Å²) in [4.78, 5) is 17.5. The number of carbonyl (C=O) groups is 1. The van der Waals surface area contributed by atoms with Crippen molar-refractivity contribution in [3.63, 3.8) is 0 Å². The fourth-order valence-corrected chi connectivity index (χ4v) is 3.27. The number of hydrogen-bond donors (Lipinski definition) is 2. The summed E-state index contributed by atoms with van der Waals surface area (Å²) >= 11 is 1.44. The first-order valence-corrected chi connectivity index (χ1v) is 7.73. The van der Waals surface area contributed by atoms with Crippen LogP contribution in [0.3, 0.4) is 0 Å². The van der Waals surface area contributed by atoms with E-state index in [2.05, 4.69) is 15.6 Å². The molecule has 2 aromatic rings. The van der Waals surface area contributed by atoms with E-state index in [0.29, 0.717) is 5.13 Å². The summed E-state index contributed by atoms with van der Waals surface area (Å²) in [5.41, 5.74) is 1.64. The highest BCUT2D eigenvalue weighted by Gasteiger charge is 2.23. The van der Waals surface area contributed by atoms with E-state index in [1.807, 2.05) is 6.92 Å². The van der Waals surface area contributed by atoms with Gasteiger partial charge in [0.05, 0.1) is 11.7 Å². The lowest BCUT2D eigenvalue weighted by atomic mass is 10.1. The summed E-state index contributed by atoms with van der Waals surface area (Å²) in [6.07, 6.45) is 1.89. The lowest BCUT2D eigenvalue weighted by Crippen LogP contribution is -2.35. The van der Waals surface area contributed by atoms with E-state index in [9.17, 15) is 9.18 Å². The predicted octanol–water partition coefficient (Wildman–Crippen LogP) is 3.37. The third kappa shape index (κ3) is 3.63. The molecule has 22 heavy (non-hydrogen) atoms. The highest BCUT2D eigenvalue weighted by atomic mass is 35.5. The molecule has 1 amide bonds.